The Bertz CT molecular complexity index is 712. The predicted octanol–water partition coefficient (Wildman–Crippen LogP) is 3.27. The number of hydrogen-bond acceptors (Lipinski definition) is 4. The van der Waals surface area contributed by atoms with Crippen molar-refractivity contribution in [2.75, 3.05) is 0 Å². The molecule has 3 aliphatic rings. The van der Waals surface area contributed by atoms with Gasteiger partial charge >= 0.3 is 0 Å². The summed E-state index contributed by atoms with van der Waals surface area (Å²) in [6, 6.07) is 3.44. The average Bonchev–Trinajstić information content (AvgIpc) is 2.81. The summed E-state index contributed by atoms with van der Waals surface area (Å²) in [6.45, 7) is 3.63. The van der Waals surface area contributed by atoms with Crippen LogP contribution in [0.15, 0.2) is 12.1 Å². The molecule has 3 aliphatic carbocycles. The number of aromatic hydroxyl groups is 2. The van der Waals surface area contributed by atoms with Gasteiger partial charge in [-0.3, -0.25) is 4.79 Å². The zero-order valence-electron chi connectivity index (χ0n) is 14.4. The maximum absolute atomic E-state index is 12.2. The first-order chi connectivity index (χ1) is 11.3. The molecule has 0 radical (unpaired) electrons. The molecule has 0 unspecified atom stereocenters. The van der Waals surface area contributed by atoms with Gasteiger partial charge in [-0.2, -0.15) is 0 Å². The van der Waals surface area contributed by atoms with E-state index in [1.165, 1.54) is 6.92 Å². The molecule has 24 heavy (non-hydrogen) atoms. The molecular formula is C20H26O4. The minimum absolute atomic E-state index is 0.0420. The SMILES string of the molecule is CC(=O)[C@]1(O)CC[C@H]2[C@@H]3CCc4cc(O)c(O)cc4[C@H]3CC[C@@]21C. The first-order valence-corrected chi connectivity index (χ1v) is 9.06. The van der Waals surface area contributed by atoms with Crippen LogP contribution in [0.3, 0.4) is 0 Å². The van der Waals surface area contributed by atoms with Crippen LogP contribution in [0.5, 0.6) is 11.5 Å². The number of hydrogen-bond donors (Lipinski definition) is 3. The molecule has 0 amide bonds. The minimum atomic E-state index is -1.18. The largest absolute Gasteiger partial charge is 0.504 e. The molecule has 1 aromatic carbocycles. The van der Waals surface area contributed by atoms with E-state index in [4.69, 9.17) is 0 Å². The standard InChI is InChI=1S/C20H26O4/c1-11(21)20(24)8-6-16-14-4-3-12-9-17(22)18(23)10-15(12)13(14)5-7-19(16,20)2/h9-10,13-14,16,22-24H,3-8H2,1-2H3/t13-,14+,16-,19-,20+/m0/s1. The lowest BCUT2D eigenvalue weighted by atomic mass is 9.53. The van der Waals surface area contributed by atoms with E-state index >= 15 is 0 Å². The quantitative estimate of drug-likeness (QED) is 0.691. The predicted molar refractivity (Wildman–Crippen MR) is 90.0 cm³/mol. The summed E-state index contributed by atoms with van der Waals surface area (Å²) >= 11 is 0. The van der Waals surface area contributed by atoms with Crippen LogP contribution in [0.1, 0.15) is 63.0 Å². The van der Waals surface area contributed by atoms with Crippen LogP contribution in [0.4, 0.5) is 0 Å². The molecule has 5 atom stereocenters. The molecule has 0 bridgehead atoms. The molecule has 4 rings (SSSR count). The summed E-state index contributed by atoms with van der Waals surface area (Å²) in [5, 5.41) is 30.8. The number of aryl methyl sites for hydroxylation is 1. The number of rotatable bonds is 1. The van der Waals surface area contributed by atoms with Gasteiger partial charge in [-0.05, 0) is 86.5 Å². The van der Waals surface area contributed by atoms with Crippen LogP contribution in [-0.2, 0) is 11.2 Å². The van der Waals surface area contributed by atoms with Crippen molar-refractivity contribution in [1.29, 1.82) is 0 Å². The average molecular weight is 330 g/mol. The summed E-state index contributed by atoms with van der Waals surface area (Å²) in [5.74, 6) is 0.953. The third-order valence-electron chi connectivity index (χ3n) is 7.55. The Hall–Kier alpha value is -1.55. The van der Waals surface area contributed by atoms with Gasteiger partial charge in [0.25, 0.3) is 0 Å². The van der Waals surface area contributed by atoms with Crippen molar-refractivity contribution in [3.63, 3.8) is 0 Å². The molecule has 4 nitrogen and oxygen atoms in total. The second-order valence-corrected chi connectivity index (χ2v) is 8.37. The first kappa shape index (κ1) is 15.9. The molecule has 1 aromatic rings. The summed E-state index contributed by atoms with van der Waals surface area (Å²) in [5.41, 5.74) is 0.771. The number of aliphatic hydroxyl groups is 1. The lowest BCUT2D eigenvalue weighted by molar-refractivity contribution is -0.154. The van der Waals surface area contributed by atoms with Crippen molar-refractivity contribution in [2.24, 2.45) is 17.3 Å². The van der Waals surface area contributed by atoms with E-state index < -0.39 is 5.60 Å². The first-order valence-electron chi connectivity index (χ1n) is 9.06. The Kier molecular flexibility index (Phi) is 3.31. The van der Waals surface area contributed by atoms with Crippen molar-refractivity contribution in [3.8, 4) is 11.5 Å². The van der Waals surface area contributed by atoms with Crippen LogP contribution < -0.4 is 0 Å². The maximum Gasteiger partial charge on any atom is 0.161 e. The third-order valence-corrected chi connectivity index (χ3v) is 7.55. The van der Waals surface area contributed by atoms with Gasteiger partial charge in [-0.25, -0.2) is 0 Å². The van der Waals surface area contributed by atoms with Gasteiger partial charge in [-0.1, -0.05) is 6.92 Å². The molecule has 0 heterocycles. The molecular weight excluding hydrogens is 304 g/mol. The minimum Gasteiger partial charge on any atom is -0.504 e. The van der Waals surface area contributed by atoms with Crippen molar-refractivity contribution in [2.45, 2.75) is 63.9 Å². The zero-order valence-corrected chi connectivity index (χ0v) is 14.4. The highest BCUT2D eigenvalue weighted by Crippen LogP contribution is 2.64. The fraction of sp³-hybridized carbons (Fsp3) is 0.650. The van der Waals surface area contributed by atoms with E-state index in [0.717, 1.165) is 43.2 Å². The normalized spacial score (nSPS) is 40.5. The van der Waals surface area contributed by atoms with Crippen molar-refractivity contribution in [1.82, 2.24) is 0 Å². The van der Waals surface area contributed by atoms with Crippen molar-refractivity contribution in [3.05, 3.63) is 23.3 Å². The monoisotopic (exact) mass is 330 g/mol. The Morgan fingerprint density at radius 1 is 1.12 bits per heavy atom. The molecule has 130 valence electrons. The van der Waals surface area contributed by atoms with E-state index in [-0.39, 0.29) is 22.7 Å². The summed E-state index contributed by atoms with van der Waals surface area (Å²) in [4.78, 5) is 12.2. The van der Waals surface area contributed by atoms with Crippen LogP contribution >= 0.6 is 0 Å². The highest BCUT2D eigenvalue weighted by molar-refractivity contribution is 5.86. The second kappa shape index (κ2) is 4.98. The summed E-state index contributed by atoms with van der Waals surface area (Å²) in [6.07, 6.45) is 5.12. The molecule has 4 heteroatoms. The Morgan fingerprint density at radius 2 is 1.83 bits per heavy atom. The molecule has 3 N–H and O–H groups in total. The molecule has 2 saturated carbocycles. The topological polar surface area (TPSA) is 77.8 Å². The van der Waals surface area contributed by atoms with Gasteiger partial charge in [0.2, 0.25) is 0 Å². The van der Waals surface area contributed by atoms with E-state index in [0.29, 0.717) is 24.2 Å². The highest BCUT2D eigenvalue weighted by Gasteiger charge is 2.63. The fourth-order valence-electron chi connectivity index (χ4n) is 6.19. The number of Topliss-reactive ketones (excluding diaryl/α,β-unsaturated/α-hetero) is 1. The number of phenols is 2. The van der Waals surface area contributed by atoms with Gasteiger partial charge in [0, 0.05) is 5.41 Å². The zero-order chi connectivity index (χ0) is 17.3. The Morgan fingerprint density at radius 3 is 2.54 bits per heavy atom. The number of benzene rings is 1. The van der Waals surface area contributed by atoms with Crippen LogP contribution in [0, 0.1) is 17.3 Å². The van der Waals surface area contributed by atoms with Gasteiger partial charge < -0.3 is 15.3 Å². The Balaban J connectivity index is 1.73. The fourth-order valence-corrected chi connectivity index (χ4v) is 6.19. The molecule has 0 spiro atoms. The third kappa shape index (κ3) is 1.86. The van der Waals surface area contributed by atoms with Crippen LogP contribution in [0.2, 0.25) is 0 Å². The van der Waals surface area contributed by atoms with E-state index in [9.17, 15) is 20.1 Å². The van der Waals surface area contributed by atoms with E-state index in [1.807, 2.05) is 0 Å². The van der Waals surface area contributed by atoms with Gasteiger partial charge in [-0.15, -0.1) is 0 Å². The number of phenolic OH excluding ortho intramolecular Hbond substituents is 2. The Labute approximate surface area is 142 Å². The van der Waals surface area contributed by atoms with Crippen LogP contribution in [-0.4, -0.2) is 26.7 Å². The number of fused-ring (bicyclic) bond motifs is 5. The number of ketones is 1. The number of carbonyl (C=O) groups excluding carboxylic acids is 1. The van der Waals surface area contributed by atoms with Gasteiger partial charge in [0.05, 0.1) is 0 Å². The van der Waals surface area contributed by atoms with Gasteiger partial charge in [0.1, 0.15) is 5.60 Å². The molecule has 0 aliphatic heterocycles. The summed E-state index contributed by atoms with van der Waals surface area (Å²) < 4.78 is 0. The lowest BCUT2D eigenvalue weighted by Crippen LogP contribution is -2.54. The summed E-state index contributed by atoms with van der Waals surface area (Å²) in [7, 11) is 0. The molecule has 0 saturated heterocycles. The van der Waals surface area contributed by atoms with Crippen LogP contribution in [0.25, 0.3) is 0 Å². The smallest absolute Gasteiger partial charge is 0.161 e. The van der Waals surface area contributed by atoms with E-state index in [1.54, 1.807) is 12.1 Å². The van der Waals surface area contributed by atoms with Crippen molar-refractivity contribution >= 4 is 5.78 Å². The van der Waals surface area contributed by atoms with E-state index in [2.05, 4.69) is 6.92 Å². The maximum atomic E-state index is 12.2. The lowest BCUT2D eigenvalue weighted by Gasteiger charge is -2.52. The number of carbonyl (C=O) groups is 1. The van der Waals surface area contributed by atoms with Gasteiger partial charge in [0.15, 0.2) is 17.3 Å². The van der Waals surface area contributed by atoms with Crippen molar-refractivity contribution < 1.29 is 20.1 Å². The molecule has 2 fully saturated rings. The highest BCUT2D eigenvalue weighted by atomic mass is 16.3. The molecule has 0 aromatic heterocycles. The second-order valence-electron chi connectivity index (χ2n) is 8.37.